The van der Waals surface area contributed by atoms with Crippen molar-refractivity contribution in [3.05, 3.63) is 64.9 Å². The van der Waals surface area contributed by atoms with Crippen LogP contribution in [0.25, 0.3) is 0 Å². The molecular formula is C18H21ClFN. The van der Waals surface area contributed by atoms with Crippen molar-refractivity contribution >= 4 is 17.3 Å². The van der Waals surface area contributed by atoms with Gasteiger partial charge in [-0.15, -0.1) is 0 Å². The van der Waals surface area contributed by atoms with Crippen LogP contribution in [0, 0.1) is 5.82 Å². The fraction of sp³-hybridized carbons (Fsp3) is 0.333. The second-order valence-electron chi connectivity index (χ2n) is 5.23. The minimum Gasteiger partial charge on any atom is -0.377 e. The SMILES string of the molecule is CCCCCC(Nc1ccc(F)cc1Cl)c1ccccc1. The molecule has 112 valence electrons. The van der Waals surface area contributed by atoms with Crippen molar-refractivity contribution in [1.82, 2.24) is 0 Å². The van der Waals surface area contributed by atoms with Crippen LogP contribution in [0.1, 0.15) is 44.2 Å². The Morgan fingerprint density at radius 3 is 2.52 bits per heavy atom. The lowest BCUT2D eigenvalue weighted by atomic mass is 10.00. The fourth-order valence-corrected chi connectivity index (χ4v) is 2.62. The van der Waals surface area contributed by atoms with Crippen LogP contribution in [-0.4, -0.2) is 0 Å². The van der Waals surface area contributed by atoms with E-state index in [0.717, 1.165) is 18.5 Å². The summed E-state index contributed by atoms with van der Waals surface area (Å²) in [6.07, 6.45) is 4.59. The monoisotopic (exact) mass is 305 g/mol. The van der Waals surface area contributed by atoms with Crippen LogP contribution in [-0.2, 0) is 0 Å². The Labute approximate surface area is 131 Å². The van der Waals surface area contributed by atoms with Crippen LogP contribution < -0.4 is 5.32 Å². The molecule has 0 fully saturated rings. The highest BCUT2D eigenvalue weighted by Crippen LogP contribution is 2.29. The topological polar surface area (TPSA) is 12.0 Å². The van der Waals surface area contributed by atoms with Gasteiger partial charge in [-0.25, -0.2) is 4.39 Å². The molecule has 0 saturated carbocycles. The minimum atomic E-state index is -0.312. The first-order valence-corrected chi connectivity index (χ1v) is 7.85. The van der Waals surface area contributed by atoms with Crippen molar-refractivity contribution in [3.63, 3.8) is 0 Å². The number of halogens is 2. The molecule has 0 saturated heterocycles. The predicted molar refractivity (Wildman–Crippen MR) is 88.4 cm³/mol. The van der Waals surface area contributed by atoms with Crippen molar-refractivity contribution in [2.24, 2.45) is 0 Å². The number of unbranched alkanes of at least 4 members (excludes halogenated alkanes) is 2. The van der Waals surface area contributed by atoms with E-state index in [-0.39, 0.29) is 11.9 Å². The Kier molecular flexibility index (Phi) is 6.06. The van der Waals surface area contributed by atoms with Gasteiger partial charge in [0, 0.05) is 0 Å². The van der Waals surface area contributed by atoms with Crippen LogP contribution in [0.4, 0.5) is 10.1 Å². The first kappa shape index (κ1) is 15.8. The molecule has 0 aliphatic heterocycles. The van der Waals surface area contributed by atoms with E-state index in [2.05, 4.69) is 24.4 Å². The third kappa shape index (κ3) is 4.75. The highest BCUT2D eigenvalue weighted by Gasteiger charge is 2.12. The molecule has 1 nitrogen and oxygen atoms in total. The Bertz CT molecular complexity index is 556. The summed E-state index contributed by atoms with van der Waals surface area (Å²) in [7, 11) is 0. The number of hydrogen-bond donors (Lipinski definition) is 1. The number of anilines is 1. The van der Waals surface area contributed by atoms with Crippen molar-refractivity contribution in [3.8, 4) is 0 Å². The largest absolute Gasteiger partial charge is 0.377 e. The molecule has 0 aliphatic carbocycles. The summed E-state index contributed by atoms with van der Waals surface area (Å²) in [6.45, 7) is 2.20. The maximum absolute atomic E-state index is 13.1. The van der Waals surface area contributed by atoms with Gasteiger partial charge >= 0.3 is 0 Å². The Morgan fingerprint density at radius 2 is 1.86 bits per heavy atom. The van der Waals surface area contributed by atoms with Crippen molar-refractivity contribution < 1.29 is 4.39 Å². The summed E-state index contributed by atoms with van der Waals surface area (Å²) >= 11 is 6.12. The van der Waals surface area contributed by atoms with Gasteiger partial charge in [-0.2, -0.15) is 0 Å². The summed E-state index contributed by atoms with van der Waals surface area (Å²) in [5.41, 5.74) is 2.01. The van der Waals surface area contributed by atoms with Crippen molar-refractivity contribution in [2.45, 2.75) is 38.6 Å². The van der Waals surface area contributed by atoms with E-state index in [4.69, 9.17) is 11.6 Å². The molecule has 1 N–H and O–H groups in total. The first-order valence-electron chi connectivity index (χ1n) is 7.47. The average Bonchev–Trinajstić information content (AvgIpc) is 2.49. The highest BCUT2D eigenvalue weighted by molar-refractivity contribution is 6.33. The zero-order valence-electron chi connectivity index (χ0n) is 12.3. The van der Waals surface area contributed by atoms with Crippen LogP contribution in [0.2, 0.25) is 5.02 Å². The second kappa shape index (κ2) is 8.04. The maximum Gasteiger partial charge on any atom is 0.124 e. The Balaban J connectivity index is 2.15. The number of rotatable bonds is 7. The van der Waals surface area contributed by atoms with Gasteiger partial charge in [-0.1, -0.05) is 68.1 Å². The van der Waals surface area contributed by atoms with Gasteiger partial charge in [0.25, 0.3) is 0 Å². The van der Waals surface area contributed by atoms with Gasteiger partial charge in [0.1, 0.15) is 5.82 Å². The zero-order valence-corrected chi connectivity index (χ0v) is 13.0. The van der Waals surface area contributed by atoms with Crippen LogP contribution in [0.15, 0.2) is 48.5 Å². The van der Waals surface area contributed by atoms with Gasteiger partial charge < -0.3 is 5.32 Å². The molecule has 2 rings (SSSR count). The molecule has 0 amide bonds. The normalized spacial score (nSPS) is 12.1. The smallest absolute Gasteiger partial charge is 0.124 e. The highest BCUT2D eigenvalue weighted by atomic mass is 35.5. The van der Waals surface area contributed by atoms with Gasteiger partial charge in [0.2, 0.25) is 0 Å². The van der Waals surface area contributed by atoms with Gasteiger partial charge in [0.05, 0.1) is 16.8 Å². The minimum absolute atomic E-state index is 0.195. The van der Waals surface area contributed by atoms with E-state index in [1.165, 1.54) is 30.5 Å². The molecule has 21 heavy (non-hydrogen) atoms. The molecule has 3 heteroatoms. The van der Waals surface area contributed by atoms with E-state index in [0.29, 0.717) is 5.02 Å². The molecule has 0 aromatic heterocycles. The van der Waals surface area contributed by atoms with Gasteiger partial charge in [-0.05, 0) is 30.2 Å². The third-order valence-electron chi connectivity index (χ3n) is 3.56. The molecule has 0 radical (unpaired) electrons. The molecular weight excluding hydrogens is 285 g/mol. The number of hydrogen-bond acceptors (Lipinski definition) is 1. The molecule has 0 spiro atoms. The van der Waals surface area contributed by atoms with Crippen molar-refractivity contribution in [2.75, 3.05) is 5.32 Å². The maximum atomic E-state index is 13.1. The lowest BCUT2D eigenvalue weighted by molar-refractivity contribution is 0.605. The van der Waals surface area contributed by atoms with Crippen LogP contribution in [0.3, 0.4) is 0 Å². The van der Waals surface area contributed by atoms with Crippen LogP contribution in [0.5, 0.6) is 0 Å². The molecule has 0 aliphatic rings. The van der Waals surface area contributed by atoms with E-state index in [1.54, 1.807) is 6.07 Å². The third-order valence-corrected chi connectivity index (χ3v) is 3.87. The number of benzene rings is 2. The van der Waals surface area contributed by atoms with E-state index < -0.39 is 0 Å². The summed E-state index contributed by atoms with van der Waals surface area (Å²) < 4.78 is 13.1. The quantitative estimate of drug-likeness (QED) is 0.599. The summed E-state index contributed by atoms with van der Waals surface area (Å²) in [5.74, 6) is -0.312. The Hall–Kier alpha value is -1.54. The second-order valence-corrected chi connectivity index (χ2v) is 5.63. The van der Waals surface area contributed by atoms with E-state index in [1.807, 2.05) is 18.2 Å². The standard InChI is InChI=1S/C18H21ClFN/c1-2-3-5-10-17(14-8-6-4-7-9-14)21-18-12-11-15(20)13-16(18)19/h4,6-9,11-13,17,21H,2-3,5,10H2,1H3. The Morgan fingerprint density at radius 1 is 1.10 bits per heavy atom. The summed E-state index contributed by atoms with van der Waals surface area (Å²) in [6, 6.07) is 15.0. The lowest BCUT2D eigenvalue weighted by Crippen LogP contribution is -2.11. The molecule has 2 aromatic rings. The summed E-state index contributed by atoms with van der Waals surface area (Å²) in [4.78, 5) is 0. The number of nitrogens with one attached hydrogen (secondary N) is 1. The van der Waals surface area contributed by atoms with Crippen LogP contribution >= 0.6 is 11.6 Å². The lowest BCUT2D eigenvalue weighted by Gasteiger charge is -2.21. The molecule has 1 unspecified atom stereocenters. The predicted octanol–water partition coefficient (Wildman–Crippen LogP) is 6.21. The molecule has 1 atom stereocenters. The molecule has 0 heterocycles. The van der Waals surface area contributed by atoms with E-state index >= 15 is 0 Å². The summed E-state index contributed by atoms with van der Waals surface area (Å²) in [5, 5.41) is 3.87. The van der Waals surface area contributed by atoms with Crippen molar-refractivity contribution in [1.29, 1.82) is 0 Å². The average molecular weight is 306 g/mol. The molecule has 0 bridgehead atoms. The zero-order chi connectivity index (χ0) is 15.1. The van der Waals surface area contributed by atoms with Gasteiger partial charge in [-0.3, -0.25) is 0 Å². The first-order chi connectivity index (χ1) is 10.2. The van der Waals surface area contributed by atoms with Gasteiger partial charge in [0.15, 0.2) is 0 Å². The molecule has 2 aromatic carbocycles. The van der Waals surface area contributed by atoms with E-state index in [9.17, 15) is 4.39 Å². The fourth-order valence-electron chi connectivity index (χ4n) is 2.40.